The Kier molecular flexibility index (Phi) is 2.81. The van der Waals surface area contributed by atoms with E-state index in [1.165, 1.54) is 24.4 Å². The second kappa shape index (κ2) is 4.14. The minimum atomic E-state index is -1.09. The van der Waals surface area contributed by atoms with Gasteiger partial charge in [0.1, 0.15) is 0 Å². The first-order valence-corrected chi connectivity index (χ1v) is 5.35. The average molecular weight is 296 g/mol. The predicted octanol–water partition coefficient (Wildman–Crippen LogP) is 2.39. The van der Waals surface area contributed by atoms with Crippen molar-refractivity contribution in [1.29, 1.82) is 0 Å². The van der Waals surface area contributed by atoms with Crippen LogP contribution in [-0.2, 0) is 0 Å². The number of halogens is 1. The number of carboxylic acids is 2. The number of nitrogens with zero attached hydrogens (tertiary/aromatic N) is 1. The molecule has 2 rings (SSSR count). The van der Waals surface area contributed by atoms with Crippen LogP contribution in [0.25, 0.3) is 10.9 Å². The van der Waals surface area contributed by atoms with Crippen molar-refractivity contribution in [3.63, 3.8) is 0 Å². The molecule has 0 atom stereocenters. The van der Waals surface area contributed by atoms with Crippen LogP contribution >= 0.6 is 15.9 Å². The molecule has 86 valence electrons. The molecule has 6 heteroatoms. The molecule has 0 spiro atoms. The maximum absolute atomic E-state index is 10.9. The summed E-state index contributed by atoms with van der Waals surface area (Å²) in [4.78, 5) is 25.6. The van der Waals surface area contributed by atoms with Crippen LogP contribution in [0.15, 0.2) is 28.9 Å². The number of hydrogen-bond acceptors (Lipinski definition) is 3. The Morgan fingerprint density at radius 3 is 2.47 bits per heavy atom. The number of rotatable bonds is 2. The first-order chi connectivity index (χ1) is 8.00. The Balaban J connectivity index is 2.72. The van der Waals surface area contributed by atoms with E-state index < -0.39 is 11.9 Å². The third-order valence-electron chi connectivity index (χ3n) is 2.28. The van der Waals surface area contributed by atoms with Crippen molar-refractivity contribution in [3.05, 3.63) is 40.0 Å². The van der Waals surface area contributed by atoms with Crippen molar-refractivity contribution in [3.8, 4) is 0 Å². The fraction of sp³-hybridized carbons (Fsp3) is 0. The summed E-state index contributed by atoms with van der Waals surface area (Å²) in [6.45, 7) is 0. The number of carboxylic acid groups (broad SMARTS) is 2. The highest BCUT2D eigenvalue weighted by atomic mass is 79.9. The van der Waals surface area contributed by atoms with Gasteiger partial charge in [-0.05, 0) is 28.1 Å². The molecule has 2 aromatic rings. The van der Waals surface area contributed by atoms with Crippen molar-refractivity contribution in [2.45, 2.75) is 0 Å². The largest absolute Gasteiger partial charge is 0.478 e. The van der Waals surface area contributed by atoms with Gasteiger partial charge in [0.15, 0.2) is 0 Å². The molecule has 1 aromatic heterocycles. The monoisotopic (exact) mass is 295 g/mol. The van der Waals surface area contributed by atoms with E-state index in [0.29, 0.717) is 15.4 Å². The van der Waals surface area contributed by atoms with Crippen LogP contribution in [0.5, 0.6) is 0 Å². The zero-order chi connectivity index (χ0) is 12.6. The van der Waals surface area contributed by atoms with E-state index in [4.69, 9.17) is 10.2 Å². The van der Waals surface area contributed by atoms with Gasteiger partial charge in [-0.3, -0.25) is 4.98 Å². The number of pyridine rings is 1. The van der Waals surface area contributed by atoms with Gasteiger partial charge in [-0.25, -0.2) is 9.59 Å². The summed E-state index contributed by atoms with van der Waals surface area (Å²) in [5.41, 5.74) is 0.585. The van der Waals surface area contributed by atoms with Crippen molar-refractivity contribution in [2.75, 3.05) is 0 Å². The summed E-state index contributed by atoms with van der Waals surface area (Å²) in [5.74, 6) is -2.14. The Morgan fingerprint density at radius 2 is 1.88 bits per heavy atom. The second-order valence-electron chi connectivity index (χ2n) is 3.33. The van der Waals surface area contributed by atoms with Gasteiger partial charge in [-0.1, -0.05) is 6.07 Å². The van der Waals surface area contributed by atoms with Crippen LogP contribution in [0.2, 0.25) is 0 Å². The van der Waals surface area contributed by atoms with E-state index in [9.17, 15) is 9.59 Å². The van der Waals surface area contributed by atoms with Crippen molar-refractivity contribution in [1.82, 2.24) is 4.98 Å². The quantitative estimate of drug-likeness (QED) is 0.888. The number of aromatic carboxylic acids is 2. The zero-order valence-corrected chi connectivity index (χ0v) is 9.93. The first kappa shape index (κ1) is 11.5. The van der Waals surface area contributed by atoms with Crippen LogP contribution in [0.3, 0.4) is 0 Å². The van der Waals surface area contributed by atoms with Crippen molar-refractivity contribution in [2.24, 2.45) is 0 Å². The highest BCUT2D eigenvalue weighted by Gasteiger charge is 2.13. The maximum Gasteiger partial charge on any atom is 0.338 e. The molecule has 1 heterocycles. The lowest BCUT2D eigenvalue weighted by molar-refractivity contribution is 0.0685. The van der Waals surface area contributed by atoms with Gasteiger partial charge in [0, 0.05) is 16.1 Å². The molecular weight excluding hydrogens is 290 g/mol. The van der Waals surface area contributed by atoms with E-state index in [-0.39, 0.29) is 11.1 Å². The van der Waals surface area contributed by atoms with E-state index in [1.54, 1.807) is 0 Å². The van der Waals surface area contributed by atoms with E-state index in [2.05, 4.69) is 20.9 Å². The molecule has 17 heavy (non-hydrogen) atoms. The van der Waals surface area contributed by atoms with Crippen LogP contribution in [0, 0.1) is 0 Å². The fourth-order valence-electron chi connectivity index (χ4n) is 1.44. The Hall–Kier alpha value is -1.95. The zero-order valence-electron chi connectivity index (χ0n) is 8.35. The molecule has 0 radical (unpaired) electrons. The van der Waals surface area contributed by atoms with E-state index >= 15 is 0 Å². The lowest BCUT2D eigenvalue weighted by Gasteiger charge is -2.04. The van der Waals surface area contributed by atoms with Gasteiger partial charge in [-0.2, -0.15) is 0 Å². The van der Waals surface area contributed by atoms with E-state index in [0.717, 1.165) is 0 Å². The van der Waals surface area contributed by atoms with Crippen LogP contribution in [-0.4, -0.2) is 27.1 Å². The lowest BCUT2D eigenvalue weighted by Crippen LogP contribution is -2.01. The predicted molar refractivity (Wildman–Crippen MR) is 63.4 cm³/mol. The Morgan fingerprint density at radius 1 is 1.18 bits per heavy atom. The average Bonchev–Trinajstić information content (AvgIpc) is 2.28. The van der Waals surface area contributed by atoms with Gasteiger partial charge in [0.2, 0.25) is 0 Å². The van der Waals surface area contributed by atoms with E-state index in [1.807, 2.05) is 0 Å². The lowest BCUT2D eigenvalue weighted by atomic mass is 10.1. The number of benzene rings is 1. The molecule has 0 amide bonds. The molecule has 0 saturated carbocycles. The van der Waals surface area contributed by atoms with Crippen LogP contribution in [0.4, 0.5) is 0 Å². The Labute approximate surface area is 104 Å². The van der Waals surface area contributed by atoms with Gasteiger partial charge in [-0.15, -0.1) is 0 Å². The van der Waals surface area contributed by atoms with Crippen molar-refractivity contribution < 1.29 is 19.8 Å². The van der Waals surface area contributed by atoms with Gasteiger partial charge < -0.3 is 10.2 Å². The topological polar surface area (TPSA) is 87.5 Å². The molecule has 2 N–H and O–H groups in total. The normalized spacial score (nSPS) is 10.4. The smallest absolute Gasteiger partial charge is 0.338 e. The molecule has 0 aliphatic heterocycles. The summed E-state index contributed by atoms with van der Waals surface area (Å²) in [5, 5.41) is 18.3. The summed E-state index contributed by atoms with van der Waals surface area (Å²) in [6.07, 6.45) is 1.19. The first-order valence-electron chi connectivity index (χ1n) is 4.55. The number of hydrogen-bond donors (Lipinski definition) is 2. The number of aromatic nitrogens is 1. The third-order valence-corrected chi connectivity index (χ3v) is 3.14. The Bertz CT molecular complexity index is 639. The molecule has 0 saturated heterocycles. The van der Waals surface area contributed by atoms with Gasteiger partial charge in [0.25, 0.3) is 0 Å². The summed E-state index contributed by atoms with van der Waals surface area (Å²) >= 11 is 3.18. The molecule has 0 aliphatic rings. The van der Waals surface area contributed by atoms with Crippen LogP contribution in [0.1, 0.15) is 20.7 Å². The third kappa shape index (κ3) is 1.99. The standard InChI is InChI=1S/C11H6BrNO4/c12-9-6-2-1-5(10(14)15)3-8(6)13-4-7(9)11(16)17/h1-4H,(H,14,15)(H,16,17). The molecule has 1 aromatic carbocycles. The second-order valence-corrected chi connectivity index (χ2v) is 4.12. The summed E-state index contributed by atoms with van der Waals surface area (Å²) in [7, 11) is 0. The SMILES string of the molecule is O=C(O)c1ccc2c(Br)c(C(=O)O)cnc2c1. The van der Waals surface area contributed by atoms with Gasteiger partial charge in [0.05, 0.1) is 16.6 Å². The minimum Gasteiger partial charge on any atom is -0.478 e. The highest BCUT2D eigenvalue weighted by molar-refractivity contribution is 9.10. The molecule has 0 unspecified atom stereocenters. The minimum absolute atomic E-state index is 0.0422. The molecule has 0 fully saturated rings. The maximum atomic E-state index is 10.9. The highest BCUT2D eigenvalue weighted by Crippen LogP contribution is 2.26. The van der Waals surface area contributed by atoms with Gasteiger partial charge >= 0.3 is 11.9 Å². The number of fused-ring (bicyclic) bond motifs is 1. The molecule has 0 aliphatic carbocycles. The fourth-order valence-corrected chi connectivity index (χ4v) is 2.05. The number of carbonyl (C=O) groups is 2. The summed E-state index contributed by atoms with van der Waals surface area (Å²) < 4.78 is 0.395. The molecular formula is C11H6BrNO4. The summed E-state index contributed by atoms with van der Waals surface area (Å²) in [6, 6.07) is 4.33. The molecule has 5 nitrogen and oxygen atoms in total. The molecule has 0 bridgehead atoms. The van der Waals surface area contributed by atoms with Crippen LogP contribution < -0.4 is 0 Å². The van der Waals surface area contributed by atoms with Crippen molar-refractivity contribution >= 4 is 38.8 Å².